The molecule has 3 nitrogen and oxygen atoms in total. The van der Waals surface area contributed by atoms with Gasteiger partial charge in [-0.1, -0.05) is 60.1 Å². The van der Waals surface area contributed by atoms with E-state index in [2.05, 4.69) is 5.32 Å². The molecular formula is C20H16ClNO2. The zero-order valence-electron chi connectivity index (χ0n) is 12.9. The van der Waals surface area contributed by atoms with Crippen LogP contribution in [0, 0.1) is 0 Å². The summed E-state index contributed by atoms with van der Waals surface area (Å²) in [6.07, 6.45) is 0.524. The first-order valence-electron chi connectivity index (χ1n) is 7.56. The van der Waals surface area contributed by atoms with Crippen LogP contribution in [0.4, 0.5) is 11.4 Å². The van der Waals surface area contributed by atoms with E-state index in [1.54, 1.807) is 18.2 Å². The first-order valence-corrected chi connectivity index (χ1v) is 7.93. The average Bonchev–Trinajstić information content (AvgIpc) is 2.59. The number of hydrogen-bond donors (Lipinski definition) is 2. The van der Waals surface area contributed by atoms with Gasteiger partial charge in [-0.3, -0.25) is 0 Å². The Labute approximate surface area is 145 Å². The van der Waals surface area contributed by atoms with Gasteiger partial charge in [0.15, 0.2) is 0 Å². The van der Waals surface area contributed by atoms with Crippen LogP contribution >= 0.6 is 11.6 Å². The summed E-state index contributed by atoms with van der Waals surface area (Å²) in [6, 6.07) is 22.4. The molecule has 3 aromatic rings. The number of carboxylic acids is 1. The summed E-state index contributed by atoms with van der Waals surface area (Å²) in [7, 11) is 0. The maximum Gasteiger partial charge on any atom is 0.336 e. The Morgan fingerprint density at radius 2 is 1.54 bits per heavy atom. The van der Waals surface area contributed by atoms with Crippen molar-refractivity contribution in [3.63, 3.8) is 0 Å². The number of para-hydroxylation sites is 1. The maximum absolute atomic E-state index is 11.6. The van der Waals surface area contributed by atoms with Gasteiger partial charge in [0.05, 0.1) is 16.3 Å². The van der Waals surface area contributed by atoms with Crippen LogP contribution in [0.15, 0.2) is 72.8 Å². The molecule has 0 radical (unpaired) electrons. The molecule has 4 heteroatoms. The van der Waals surface area contributed by atoms with E-state index in [-0.39, 0.29) is 5.56 Å². The molecule has 0 saturated carbocycles. The topological polar surface area (TPSA) is 49.3 Å². The average molecular weight is 338 g/mol. The van der Waals surface area contributed by atoms with Crippen molar-refractivity contribution >= 4 is 28.9 Å². The molecule has 0 amide bonds. The second kappa shape index (κ2) is 7.20. The molecule has 3 aromatic carbocycles. The fourth-order valence-electron chi connectivity index (χ4n) is 2.60. The minimum atomic E-state index is -0.941. The van der Waals surface area contributed by atoms with Crippen LogP contribution in [0.5, 0.6) is 0 Å². The highest BCUT2D eigenvalue weighted by Gasteiger charge is 2.15. The molecule has 0 atom stereocenters. The lowest BCUT2D eigenvalue weighted by atomic mass is 9.97. The Morgan fingerprint density at radius 1 is 0.875 bits per heavy atom. The van der Waals surface area contributed by atoms with E-state index < -0.39 is 5.97 Å². The third-order valence-electron chi connectivity index (χ3n) is 3.77. The molecule has 0 bridgehead atoms. The lowest BCUT2D eigenvalue weighted by Gasteiger charge is -2.15. The second-order valence-corrected chi connectivity index (χ2v) is 5.81. The molecule has 0 saturated heterocycles. The van der Waals surface area contributed by atoms with Crippen molar-refractivity contribution in [2.24, 2.45) is 0 Å². The Kier molecular flexibility index (Phi) is 4.82. The minimum Gasteiger partial charge on any atom is -0.478 e. The number of carboxylic acid groups (broad SMARTS) is 1. The van der Waals surface area contributed by atoms with Gasteiger partial charge in [0.25, 0.3) is 0 Å². The van der Waals surface area contributed by atoms with Gasteiger partial charge in [-0.25, -0.2) is 4.79 Å². The van der Waals surface area contributed by atoms with Gasteiger partial charge in [0.2, 0.25) is 0 Å². The van der Waals surface area contributed by atoms with Crippen molar-refractivity contribution in [1.82, 2.24) is 0 Å². The van der Waals surface area contributed by atoms with Crippen molar-refractivity contribution in [3.05, 3.63) is 94.5 Å². The van der Waals surface area contributed by atoms with Crippen LogP contribution in [0.1, 0.15) is 21.5 Å². The highest BCUT2D eigenvalue weighted by molar-refractivity contribution is 6.33. The molecule has 0 aliphatic rings. The van der Waals surface area contributed by atoms with E-state index >= 15 is 0 Å². The molecule has 24 heavy (non-hydrogen) atoms. The van der Waals surface area contributed by atoms with E-state index in [4.69, 9.17) is 11.6 Å². The summed E-state index contributed by atoms with van der Waals surface area (Å²) in [5.41, 5.74) is 3.56. The SMILES string of the molecule is O=C(O)c1cccc(Nc2ccccc2Cl)c1Cc1ccccc1. The molecule has 0 unspecified atom stereocenters. The van der Waals surface area contributed by atoms with Gasteiger partial charge in [-0.2, -0.15) is 0 Å². The summed E-state index contributed by atoms with van der Waals surface area (Å²) in [4.78, 5) is 11.6. The van der Waals surface area contributed by atoms with E-state index in [1.807, 2.05) is 54.6 Å². The molecule has 0 aromatic heterocycles. The van der Waals surface area contributed by atoms with Crippen LogP contribution in [0.25, 0.3) is 0 Å². The van der Waals surface area contributed by atoms with Crippen LogP contribution in [0.3, 0.4) is 0 Å². The van der Waals surface area contributed by atoms with Gasteiger partial charge < -0.3 is 10.4 Å². The van der Waals surface area contributed by atoms with Crippen molar-refractivity contribution in [2.45, 2.75) is 6.42 Å². The largest absolute Gasteiger partial charge is 0.478 e. The lowest BCUT2D eigenvalue weighted by Crippen LogP contribution is -2.07. The van der Waals surface area contributed by atoms with Crippen LogP contribution in [0.2, 0.25) is 5.02 Å². The zero-order chi connectivity index (χ0) is 16.9. The van der Waals surface area contributed by atoms with E-state index in [1.165, 1.54) is 0 Å². The monoisotopic (exact) mass is 337 g/mol. The Hall–Kier alpha value is -2.78. The van der Waals surface area contributed by atoms with E-state index in [9.17, 15) is 9.90 Å². The fraction of sp³-hybridized carbons (Fsp3) is 0.0500. The quantitative estimate of drug-likeness (QED) is 0.657. The summed E-state index contributed by atoms with van der Waals surface area (Å²) < 4.78 is 0. The predicted octanol–water partition coefficient (Wildman–Crippen LogP) is 5.37. The van der Waals surface area contributed by atoms with Gasteiger partial charge >= 0.3 is 5.97 Å². The summed E-state index contributed by atoms with van der Waals surface area (Å²) in [5, 5.41) is 13.4. The molecule has 2 N–H and O–H groups in total. The van der Waals surface area contributed by atoms with Crippen molar-refractivity contribution in [2.75, 3.05) is 5.32 Å². The third kappa shape index (κ3) is 3.58. The normalized spacial score (nSPS) is 10.4. The Balaban J connectivity index is 2.04. The van der Waals surface area contributed by atoms with E-state index in [0.29, 0.717) is 11.4 Å². The minimum absolute atomic E-state index is 0.288. The van der Waals surface area contributed by atoms with E-state index in [0.717, 1.165) is 22.5 Å². The standard InChI is InChI=1S/C20H16ClNO2/c21-17-10-4-5-11-19(17)22-18-12-6-9-15(20(23)24)16(18)13-14-7-2-1-3-8-14/h1-12,22H,13H2,(H,23,24). The van der Waals surface area contributed by atoms with Gasteiger partial charge in [-0.15, -0.1) is 0 Å². The Bertz CT molecular complexity index is 863. The predicted molar refractivity (Wildman–Crippen MR) is 97.4 cm³/mol. The van der Waals surface area contributed by atoms with Crippen molar-refractivity contribution in [1.29, 1.82) is 0 Å². The van der Waals surface area contributed by atoms with Crippen molar-refractivity contribution in [3.8, 4) is 0 Å². The molecule has 0 aliphatic heterocycles. The first-order chi connectivity index (χ1) is 11.6. The molecular weight excluding hydrogens is 322 g/mol. The molecule has 0 heterocycles. The molecule has 120 valence electrons. The number of benzene rings is 3. The maximum atomic E-state index is 11.6. The molecule has 0 spiro atoms. The number of carbonyl (C=O) groups is 1. The van der Waals surface area contributed by atoms with Crippen LogP contribution in [-0.2, 0) is 6.42 Å². The number of nitrogens with one attached hydrogen (secondary N) is 1. The number of rotatable bonds is 5. The highest BCUT2D eigenvalue weighted by Crippen LogP contribution is 2.30. The van der Waals surface area contributed by atoms with Crippen LogP contribution < -0.4 is 5.32 Å². The smallest absolute Gasteiger partial charge is 0.336 e. The zero-order valence-corrected chi connectivity index (χ0v) is 13.6. The van der Waals surface area contributed by atoms with Gasteiger partial charge in [-0.05, 0) is 35.4 Å². The Morgan fingerprint density at radius 3 is 2.25 bits per heavy atom. The summed E-state index contributed by atoms with van der Waals surface area (Å²) >= 11 is 6.21. The first kappa shape index (κ1) is 16.1. The number of aromatic carboxylic acids is 1. The lowest BCUT2D eigenvalue weighted by molar-refractivity contribution is 0.0696. The van der Waals surface area contributed by atoms with Gasteiger partial charge in [0.1, 0.15) is 0 Å². The second-order valence-electron chi connectivity index (χ2n) is 5.40. The van der Waals surface area contributed by atoms with Gasteiger partial charge in [0, 0.05) is 12.1 Å². The van der Waals surface area contributed by atoms with Crippen LogP contribution in [-0.4, -0.2) is 11.1 Å². The fourth-order valence-corrected chi connectivity index (χ4v) is 2.79. The number of anilines is 2. The summed E-state index contributed by atoms with van der Waals surface area (Å²) in [5.74, 6) is -0.941. The third-order valence-corrected chi connectivity index (χ3v) is 4.10. The highest BCUT2D eigenvalue weighted by atomic mass is 35.5. The molecule has 0 aliphatic carbocycles. The summed E-state index contributed by atoms with van der Waals surface area (Å²) in [6.45, 7) is 0. The van der Waals surface area contributed by atoms with Crippen molar-refractivity contribution < 1.29 is 9.90 Å². The number of hydrogen-bond acceptors (Lipinski definition) is 2. The number of halogens is 1. The molecule has 0 fully saturated rings. The molecule has 3 rings (SSSR count).